The van der Waals surface area contributed by atoms with Crippen LogP contribution in [0.4, 0.5) is 5.69 Å². The van der Waals surface area contributed by atoms with E-state index in [1.807, 2.05) is 48.5 Å². The van der Waals surface area contributed by atoms with Gasteiger partial charge >= 0.3 is 0 Å². The van der Waals surface area contributed by atoms with Crippen molar-refractivity contribution >= 4 is 5.69 Å². The van der Waals surface area contributed by atoms with Crippen LogP contribution in [0.3, 0.4) is 0 Å². The van der Waals surface area contributed by atoms with Gasteiger partial charge in [-0.15, -0.1) is 13.2 Å². The predicted octanol–water partition coefficient (Wildman–Crippen LogP) is 5.85. The Bertz CT molecular complexity index is 1120. The second kappa shape index (κ2) is 10.4. The lowest BCUT2D eigenvalue weighted by atomic mass is 9.96. The first-order valence-electron chi connectivity index (χ1n) is 10.3. The number of aromatic hydroxyl groups is 2. The van der Waals surface area contributed by atoms with Crippen LogP contribution in [0, 0.1) is 0 Å². The van der Waals surface area contributed by atoms with Crippen LogP contribution in [-0.4, -0.2) is 24.4 Å². The lowest BCUT2D eigenvalue weighted by Gasteiger charge is -2.16. The zero-order valence-corrected chi connectivity index (χ0v) is 18.5. The number of methoxy groups -OCH3 is 2. The monoisotopic (exact) mass is 431 g/mol. The van der Waals surface area contributed by atoms with Crippen LogP contribution in [0.15, 0.2) is 73.8 Å². The summed E-state index contributed by atoms with van der Waals surface area (Å²) in [6.45, 7) is 8.07. The Balaban J connectivity index is 1.99. The van der Waals surface area contributed by atoms with Crippen molar-refractivity contribution in [3.05, 3.63) is 90.5 Å². The van der Waals surface area contributed by atoms with Crippen molar-refractivity contribution in [1.82, 2.24) is 0 Å². The quantitative estimate of drug-likeness (QED) is 0.277. The van der Waals surface area contributed by atoms with Crippen LogP contribution in [0.25, 0.3) is 11.1 Å². The standard InChI is InChI=1S/C27H29NO4/c1-5-7-18-9-11-24(29)21(13-18)22-14-19(8-6-2)15-23(27(22)30)28-17-20-10-12-25(31-3)26(16-20)32-4/h5-6,9-16,28-30H,1-2,7-8,17H2,3-4H3. The van der Waals surface area contributed by atoms with E-state index < -0.39 is 0 Å². The molecule has 0 aliphatic rings. The van der Waals surface area contributed by atoms with Crippen LogP contribution in [-0.2, 0) is 19.4 Å². The Hall–Kier alpha value is -3.86. The molecule has 0 spiro atoms. The summed E-state index contributed by atoms with van der Waals surface area (Å²) in [7, 11) is 3.19. The van der Waals surface area contributed by atoms with Gasteiger partial charge in [0.25, 0.3) is 0 Å². The van der Waals surface area contributed by atoms with Gasteiger partial charge in [-0.25, -0.2) is 0 Å². The van der Waals surface area contributed by atoms with Gasteiger partial charge in [0.15, 0.2) is 11.5 Å². The van der Waals surface area contributed by atoms with Crippen molar-refractivity contribution in [1.29, 1.82) is 0 Å². The number of nitrogens with one attached hydrogen (secondary N) is 1. The number of benzene rings is 3. The topological polar surface area (TPSA) is 71.0 Å². The number of allylic oxidation sites excluding steroid dienone is 2. The van der Waals surface area contributed by atoms with E-state index in [1.165, 1.54) is 0 Å². The van der Waals surface area contributed by atoms with Crippen molar-refractivity contribution in [2.24, 2.45) is 0 Å². The summed E-state index contributed by atoms with van der Waals surface area (Å²) in [6.07, 6.45) is 4.92. The minimum Gasteiger partial charge on any atom is -0.507 e. The highest BCUT2D eigenvalue weighted by molar-refractivity contribution is 5.82. The molecule has 5 heteroatoms. The van der Waals surface area contributed by atoms with E-state index >= 15 is 0 Å². The fourth-order valence-electron chi connectivity index (χ4n) is 3.60. The third-order valence-electron chi connectivity index (χ3n) is 5.21. The Labute approximate surface area is 189 Å². The average molecular weight is 432 g/mol. The van der Waals surface area contributed by atoms with Crippen molar-refractivity contribution in [2.45, 2.75) is 19.4 Å². The minimum atomic E-state index is 0.0735. The molecule has 32 heavy (non-hydrogen) atoms. The van der Waals surface area contributed by atoms with E-state index in [9.17, 15) is 10.2 Å². The lowest BCUT2D eigenvalue weighted by molar-refractivity contribution is 0.354. The predicted molar refractivity (Wildman–Crippen MR) is 130 cm³/mol. The third-order valence-corrected chi connectivity index (χ3v) is 5.21. The Morgan fingerprint density at radius 1 is 0.781 bits per heavy atom. The Kier molecular flexibility index (Phi) is 7.45. The highest BCUT2D eigenvalue weighted by atomic mass is 16.5. The molecule has 0 aliphatic heterocycles. The number of hydrogen-bond acceptors (Lipinski definition) is 5. The van der Waals surface area contributed by atoms with Gasteiger partial charge in [-0.05, 0) is 65.9 Å². The van der Waals surface area contributed by atoms with Crippen molar-refractivity contribution in [3.8, 4) is 34.1 Å². The van der Waals surface area contributed by atoms with E-state index in [0.717, 1.165) is 16.7 Å². The molecule has 0 radical (unpaired) electrons. The maximum absolute atomic E-state index is 11.1. The van der Waals surface area contributed by atoms with Crippen molar-refractivity contribution in [3.63, 3.8) is 0 Å². The summed E-state index contributed by atoms with van der Waals surface area (Å²) in [5, 5.41) is 24.9. The molecule has 0 amide bonds. The number of anilines is 1. The fourth-order valence-corrected chi connectivity index (χ4v) is 3.60. The highest BCUT2D eigenvalue weighted by Crippen LogP contribution is 2.41. The highest BCUT2D eigenvalue weighted by Gasteiger charge is 2.15. The largest absolute Gasteiger partial charge is 0.507 e. The van der Waals surface area contributed by atoms with E-state index in [2.05, 4.69) is 18.5 Å². The summed E-state index contributed by atoms with van der Waals surface area (Å²) in [5.41, 5.74) is 4.64. The van der Waals surface area contributed by atoms with Crippen LogP contribution in [0.5, 0.6) is 23.0 Å². The molecule has 5 nitrogen and oxygen atoms in total. The molecule has 3 aromatic rings. The summed E-state index contributed by atoms with van der Waals surface area (Å²) < 4.78 is 10.7. The van der Waals surface area contributed by atoms with Gasteiger partial charge in [0.1, 0.15) is 11.5 Å². The molecule has 0 saturated heterocycles. The van der Waals surface area contributed by atoms with Crippen LogP contribution >= 0.6 is 0 Å². The third kappa shape index (κ3) is 5.06. The van der Waals surface area contributed by atoms with E-state index in [0.29, 0.717) is 47.7 Å². The lowest BCUT2D eigenvalue weighted by Crippen LogP contribution is -2.02. The molecule has 0 heterocycles. The number of ether oxygens (including phenoxy) is 2. The Morgan fingerprint density at radius 2 is 1.44 bits per heavy atom. The zero-order valence-electron chi connectivity index (χ0n) is 18.5. The van der Waals surface area contributed by atoms with Gasteiger partial charge in [0.05, 0.1) is 19.9 Å². The van der Waals surface area contributed by atoms with Crippen LogP contribution in [0.2, 0.25) is 0 Å². The molecule has 3 aromatic carbocycles. The second-order valence-corrected chi connectivity index (χ2v) is 7.42. The van der Waals surface area contributed by atoms with E-state index in [1.54, 1.807) is 26.4 Å². The summed E-state index contributed by atoms with van der Waals surface area (Å²) in [6, 6.07) is 14.8. The molecular formula is C27H29NO4. The first-order valence-corrected chi connectivity index (χ1v) is 10.3. The molecule has 0 fully saturated rings. The van der Waals surface area contributed by atoms with Gasteiger partial charge in [-0.2, -0.15) is 0 Å². The fraction of sp³-hybridized carbons (Fsp3) is 0.185. The molecule has 0 aliphatic carbocycles. The number of phenolic OH excluding ortho intramolecular Hbond substituents is 2. The number of rotatable bonds is 10. The van der Waals surface area contributed by atoms with Crippen molar-refractivity contribution in [2.75, 3.05) is 19.5 Å². The first-order chi connectivity index (χ1) is 15.5. The van der Waals surface area contributed by atoms with Gasteiger partial charge in [-0.1, -0.05) is 24.3 Å². The maximum Gasteiger partial charge on any atom is 0.161 e. The normalized spacial score (nSPS) is 10.4. The van der Waals surface area contributed by atoms with Crippen LogP contribution < -0.4 is 14.8 Å². The SMILES string of the molecule is C=CCc1ccc(O)c(-c2cc(CC=C)cc(NCc3ccc(OC)c(OC)c3)c2O)c1. The van der Waals surface area contributed by atoms with Gasteiger partial charge in [-0.3, -0.25) is 0 Å². The minimum absolute atomic E-state index is 0.0735. The van der Waals surface area contributed by atoms with E-state index in [4.69, 9.17) is 9.47 Å². The molecule has 0 aromatic heterocycles. The molecule has 0 saturated carbocycles. The average Bonchev–Trinajstić information content (AvgIpc) is 2.80. The summed E-state index contributed by atoms with van der Waals surface area (Å²) >= 11 is 0. The first kappa shape index (κ1) is 22.8. The number of hydrogen-bond donors (Lipinski definition) is 3. The van der Waals surface area contributed by atoms with Gasteiger partial charge in [0, 0.05) is 17.7 Å². The van der Waals surface area contributed by atoms with Gasteiger partial charge in [0.2, 0.25) is 0 Å². The smallest absolute Gasteiger partial charge is 0.161 e. The van der Waals surface area contributed by atoms with Crippen LogP contribution in [0.1, 0.15) is 16.7 Å². The second-order valence-electron chi connectivity index (χ2n) is 7.42. The molecule has 0 atom stereocenters. The van der Waals surface area contributed by atoms with Gasteiger partial charge < -0.3 is 25.0 Å². The molecule has 0 bridgehead atoms. The molecule has 0 unspecified atom stereocenters. The summed E-state index contributed by atoms with van der Waals surface area (Å²) in [4.78, 5) is 0. The Morgan fingerprint density at radius 3 is 2.12 bits per heavy atom. The molecule has 166 valence electrons. The zero-order chi connectivity index (χ0) is 23.1. The molecule has 3 rings (SSSR count). The maximum atomic E-state index is 11.1. The van der Waals surface area contributed by atoms with Crippen molar-refractivity contribution < 1.29 is 19.7 Å². The molecule has 3 N–H and O–H groups in total. The summed E-state index contributed by atoms with van der Waals surface area (Å²) in [5.74, 6) is 1.48. The molecular weight excluding hydrogens is 402 g/mol. The van der Waals surface area contributed by atoms with E-state index in [-0.39, 0.29) is 11.5 Å². The number of phenols is 2.